The van der Waals surface area contributed by atoms with Crippen molar-refractivity contribution >= 4 is 6.47 Å². The van der Waals surface area contributed by atoms with Gasteiger partial charge in [-0.15, -0.1) is 0 Å². The van der Waals surface area contributed by atoms with Gasteiger partial charge in [0.2, 0.25) is 5.88 Å². The summed E-state index contributed by atoms with van der Waals surface area (Å²) in [5, 5.41) is 0. The zero-order valence-corrected chi connectivity index (χ0v) is 5.50. The van der Waals surface area contributed by atoms with Gasteiger partial charge in [-0.25, -0.2) is 9.78 Å². The maximum absolute atomic E-state index is 9.67. The van der Waals surface area contributed by atoms with E-state index in [1.807, 2.05) is 6.92 Å². The van der Waals surface area contributed by atoms with Crippen molar-refractivity contribution in [3.8, 4) is 5.88 Å². The lowest BCUT2D eigenvalue weighted by Gasteiger charge is -1.93. The van der Waals surface area contributed by atoms with Crippen molar-refractivity contribution in [2.45, 2.75) is 6.92 Å². The van der Waals surface area contributed by atoms with Crippen molar-refractivity contribution in [1.29, 1.82) is 0 Å². The zero-order chi connectivity index (χ0) is 7.40. The van der Waals surface area contributed by atoms with Gasteiger partial charge in [-0.3, -0.25) is 0 Å². The minimum Gasteiger partial charge on any atom is -0.399 e. The van der Waals surface area contributed by atoms with Crippen LogP contribution in [0.4, 0.5) is 0 Å². The summed E-state index contributed by atoms with van der Waals surface area (Å²) in [5.74, 6) is 0.278. The van der Waals surface area contributed by atoms with E-state index in [1.54, 1.807) is 18.3 Å². The van der Waals surface area contributed by atoms with E-state index >= 15 is 0 Å². The SMILES string of the molecule is Cc1ccc(O[C]=O)nc1. The van der Waals surface area contributed by atoms with Crippen molar-refractivity contribution < 1.29 is 9.53 Å². The van der Waals surface area contributed by atoms with E-state index in [9.17, 15) is 4.79 Å². The Morgan fingerprint density at radius 1 is 1.60 bits per heavy atom. The molecule has 0 fully saturated rings. The molecule has 0 unspecified atom stereocenters. The lowest BCUT2D eigenvalue weighted by atomic mass is 10.3. The molecule has 10 heavy (non-hydrogen) atoms. The van der Waals surface area contributed by atoms with Crippen LogP contribution in [0.25, 0.3) is 0 Å². The van der Waals surface area contributed by atoms with E-state index in [2.05, 4.69) is 9.72 Å². The molecule has 1 radical (unpaired) electrons. The van der Waals surface area contributed by atoms with Gasteiger partial charge >= 0.3 is 6.47 Å². The molecule has 1 aromatic heterocycles. The third-order valence-electron chi connectivity index (χ3n) is 1.03. The van der Waals surface area contributed by atoms with Gasteiger partial charge in [0.15, 0.2) is 0 Å². The molecule has 0 bridgehead atoms. The van der Waals surface area contributed by atoms with Crippen LogP contribution >= 0.6 is 0 Å². The summed E-state index contributed by atoms with van der Waals surface area (Å²) in [6, 6.07) is 3.42. The highest BCUT2D eigenvalue weighted by molar-refractivity contribution is 5.43. The largest absolute Gasteiger partial charge is 0.424 e. The van der Waals surface area contributed by atoms with E-state index in [0.29, 0.717) is 0 Å². The summed E-state index contributed by atoms with van der Waals surface area (Å²) in [4.78, 5) is 13.5. The van der Waals surface area contributed by atoms with E-state index < -0.39 is 0 Å². The molecule has 3 nitrogen and oxygen atoms in total. The number of hydrogen-bond donors (Lipinski definition) is 0. The normalized spacial score (nSPS) is 8.90. The summed E-state index contributed by atoms with van der Waals surface area (Å²) in [7, 11) is 0. The molecule has 1 aromatic rings. The number of hydrogen-bond acceptors (Lipinski definition) is 3. The maximum atomic E-state index is 9.67. The molecule has 0 aliphatic heterocycles. The van der Waals surface area contributed by atoms with Crippen LogP contribution in [0.15, 0.2) is 18.3 Å². The number of ether oxygens (including phenoxy) is 1. The van der Waals surface area contributed by atoms with Crippen molar-refractivity contribution in [2.75, 3.05) is 0 Å². The third-order valence-corrected chi connectivity index (χ3v) is 1.03. The van der Waals surface area contributed by atoms with Crippen LogP contribution in [0.5, 0.6) is 5.88 Å². The first kappa shape index (κ1) is 6.74. The van der Waals surface area contributed by atoms with Crippen molar-refractivity contribution in [2.24, 2.45) is 0 Å². The maximum Gasteiger partial charge on any atom is 0.424 e. The molecule has 0 aliphatic carbocycles. The van der Waals surface area contributed by atoms with Gasteiger partial charge in [0.1, 0.15) is 0 Å². The summed E-state index contributed by atoms with van der Waals surface area (Å²) >= 11 is 0. The van der Waals surface area contributed by atoms with Gasteiger partial charge in [0.25, 0.3) is 0 Å². The third kappa shape index (κ3) is 1.55. The van der Waals surface area contributed by atoms with E-state index in [4.69, 9.17) is 0 Å². The molecule has 1 rings (SSSR count). The summed E-state index contributed by atoms with van der Waals surface area (Å²) in [5.41, 5.74) is 1.03. The van der Waals surface area contributed by atoms with Crippen molar-refractivity contribution in [3.05, 3.63) is 23.9 Å². The Kier molecular flexibility index (Phi) is 1.99. The van der Waals surface area contributed by atoms with Crippen LogP contribution in [-0.4, -0.2) is 11.5 Å². The van der Waals surface area contributed by atoms with Gasteiger partial charge in [0.05, 0.1) is 0 Å². The van der Waals surface area contributed by atoms with Gasteiger partial charge in [-0.1, -0.05) is 6.07 Å². The highest BCUT2D eigenvalue weighted by Gasteiger charge is 1.91. The topological polar surface area (TPSA) is 39.2 Å². The molecular formula is C7H6NO2. The Hall–Kier alpha value is -1.38. The Morgan fingerprint density at radius 3 is 2.90 bits per heavy atom. The average molecular weight is 136 g/mol. The zero-order valence-electron chi connectivity index (χ0n) is 5.50. The van der Waals surface area contributed by atoms with Gasteiger partial charge in [-0.2, -0.15) is 0 Å². The minimum atomic E-state index is 0.278. The molecule has 0 amide bonds. The van der Waals surface area contributed by atoms with Crippen LogP contribution in [0, 0.1) is 6.92 Å². The first-order valence-electron chi connectivity index (χ1n) is 2.79. The summed E-state index contributed by atoms with van der Waals surface area (Å²) in [6.45, 7) is 3.20. The van der Waals surface area contributed by atoms with Crippen LogP contribution in [0.2, 0.25) is 0 Å². The van der Waals surface area contributed by atoms with Crippen LogP contribution in [0.1, 0.15) is 5.56 Å². The lowest BCUT2D eigenvalue weighted by Crippen LogP contribution is -1.90. The van der Waals surface area contributed by atoms with E-state index in [1.165, 1.54) is 6.47 Å². The van der Waals surface area contributed by atoms with Gasteiger partial charge in [-0.05, 0) is 12.5 Å². The number of pyridine rings is 1. The summed E-state index contributed by atoms with van der Waals surface area (Å²) in [6.07, 6.45) is 1.62. The predicted molar refractivity (Wildman–Crippen MR) is 35.3 cm³/mol. The predicted octanol–water partition coefficient (Wildman–Crippen LogP) is 0.836. The van der Waals surface area contributed by atoms with Crippen LogP contribution in [-0.2, 0) is 4.79 Å². The lowest BCUT2D eigenvalue weighted by molar-refractivity contribution is 0.433. The molecular weight excluding hydrogens is 130 g/mol. The molecule has 0 aliphatic rings. The standard InChI is InChI=1S/C7H6NO2/c1-6-2-3-7(8-4-6)10-5-9/h2-4H,1H3. The Labute approximate surface area is 58.7 Å². The molecule has 0 atom stereocenters. The molecule has 51 valence electrons. The second kappa shape index (κ2) is 2.96. The highest BCUT2D eigenvalue weighted by Crippen LogP contribution is 2.04. The Bertz CT molecular complexity index is 218. The number of nitrogens with zero attached hydrogens (tertiary/aromatic N) is 1. The van der Waals surface area contributed by atoms with Crippen molar-refractivity contribution in [1.82, 2.24) is 4.98 Å². The molecule has 3 heteroatoms. The first-order chi connectivity index (χ1) is 4.83. The van der Waals surface area contributed by atoms with E-state index in [0.717, 1.165) is 5.56 Å². The highest BCUT2D eigenvalue weighted by atomic mass is 16.5. The molecule has 0 saturated carbocycles. The molecule has 0 spiro atoms. The fraction of sp³-hybridized carbons (Fsp3) is 0.143. The van der Waals surface area contributed by atoms with Crippen molar-refractivity contribution in [3.63, 3.8) is 0 Å². The molecule has 1 heterocycles. The van der Waals surface area contributed by atoms with Crippen LogP contribution in [0.3, 0.4) is 0 Å². The first-order valence-corrected chi connectivity index (χ1v) is 2.79. The Balaban J connectivity index is 2.78. The number of carbonyl (C=O) groups excluding carboxylic acids is 1. The smallest absolute Gasteiger partial charge is 0.399 e. The average Bonchev–Trinajstić information content (AvgIpc) is 1.95. The minimum absolute atomic E-state index is 0.278. The number of rotatable bonds is 2. The summed E-state index contributed by atoms with van der Waals surface area (Å²) < 4.78 is 4.34. The molecule has 0 N–H and O–H groups in total. The van der Waals surface area contributed by atoms with Crippen LogP contribution < -0.4 is 4.74 Å². The fourth-order valence-electron chi connectivity index (χ4n) is 0.557. The fourth-order valence-corrected chi connectivity index (χ4v) is 0.557. The molecule has 0 saturated heterocycles. The monoisotopic (exact) mass is 136 g/mol. The number of aromatic nitrogens is 1. The van der Waals surface area contributed by atoms with E-state index in [-0.39, 0.29) is 5.88 Å². The number of aryl methyl sites for hydroxylation is 1. The second-order valence-electron chi connectivity index (χ2n) is 1.86. The van der Waals surface area contributed by atoms with Gasteiger partial charge < -0.3 is 4.74 Å². The Morgan fingerprint density at radius 2 is 2.40 bits per heavy atom. The molecule has 0 aromatic carbocycles. The van der Waals surface area contributed by atoms with Gasteiger partial charge in [0, 0.05) is 12.3 Å². The quantitative estimate of drug-likeness (QED) is 0.604. The second-order valence-corrected chi connectivity index (χ2v) is 1.86.